The number of benzene rings is 1. The highest BCUT2D eigenvalue weighted by Crippen LogP contribution is 2.29. The van der Waals surface area contributed by atoms with E-state index in [-0.39, 0.29) is 18.2 Å². The first-order valence-electron chi connectivity index (χ1n) is 5.99. The van der Waals surface area contributed by atoms with Crippen molar-refractivity contribution >= 4 is 28.5 Å². The van der Waals surface area contributed by atoms with Crippen molar-refractivity contribution in [2.45, 2.75) is 6.61 Å². The monoisotopic (exact) mass is 304 g/mol. The summed E-state index contributed by atoms with van der Waals surface area (Å²) in [6, 6.07) is 7.02. The third kappa shape index (κ3) is 2.66. The molecule has 7 heteroatoms. The van der Waals surface area contributed by atoms with Gasteiger partial charge >= 0.3 is 5.97 Å². The van der Waals surface area contributed by atoms with E-state index < -0.39 is 5.97 Å². The van der Waals surface area contributed by atoms with E-state index in [0.29, 0.717) is 16.3 Å². The number of hydrogen-bond acceptors (Lipinski definition) is 5. The summed E-state index contributed by atoms with van der Waals surface area (Å²) in [6.45, 7) is 0.000582. The summed E-state index contributed by atoms with van der Waals surface area (Å²) in [5, 5.41) is 10.1. The number of halogens is 1. The third-order valence-electron chi connectivity index (χ3n) is 2.80. The van der Waals surface area contributed by atoms with Crippen molar-refractivity contribution < 1.29 is 19.1 Å². The van der Waals surface area contributed by atoms with Crippen LogP contribution >= 0.6 is 11.6 Å². The molecular weight excluding hydrogens is 296 g/mol. The first kappa shape index (κ1) is 13.4. The molecule has 1 aromatic carbocycles. The van der Waals surface area contributed by atoms with E-state index in [1.807, 2.05) is 6.07 Å². The summed E-state index contributed by atoms with van der Waals surface area (Å²) >= 11 is 6.09. The molecule has 1 N–H and O–H groups in total. The number of carboxylic acid groups (broad SMARTS) is 1. The number of oxazole rings is 1. The Labute approximate surface area is 124 Å². The predicted molar refractivity (Wildman–Crippen MR) is 74.5 cm³/mol. The molecule has 0 bridgehead atoms. The summed E-state index contributed by atoms with van der Waals surface area (Å²) in [7, 11) is 0. The number of carboxylic acids is 1. The molecule has 0 radical (unpaired) electrons. The molecule has 3 aromatic rings. The molecule has 0 aliphatic carbocycles. The van der Waals surface area contributed by atoms with Crippen LogP contribution in [0.25, 0.3) is 10.9 Å². The SMILES string of the molecule is O=C(O)c1coc(COc2ccc(Cl)c3cccnc23)n1. The number of rotatable bonds is 4. The number of hydrogen-bond donors (Lipinski definition) is 1. The highest BCUT2D eigenvalue weighted by Gasteiger charge is 2.12. The summed E-state index contributed by atoms with van der Waals surface area (Å²) in [5.74, 6) is -0.458. The molecule has 0 unspecified atom stereocenters. The zero-order valence-electron chi connectivity index (χ0n) is 10.6. The molecule has 0 saturated carbocycles. The van der Waals surface area contributed by atoms with Crippen LogP contribution in [0.2, 0.25) is 5.02 Å². The highest BCUT2D eigenvalue weighted by atomic mass is 35.5. The number of carbonyl (C=O) groups is 1. The van der Waals surface area contributed by atoms with Crippen molar-refractivity contribution in [1.29, 1.82) is 0 Å². The zero-order chi connectivity index (χ0) is 14.8. The standard InChI is InChI=1S/C14H9ClN2O4/c15-9-3-4-11(13-8(9)2-1-5-16-13)20-7-12-17-10(6-21-12)14(18)19/h1-6H,7H2,(H,18,19). The van der Waals surface area contributed by atoms with Crippen LogP contribution in [0.1, 0.15) is 16.4 Å². The summed E-state index contributed by atoms with van der Waals surface area (Å²) in [4.78, 5) is 18.7. The Balaban J connectivity index is 1.85. The second-order valence-corrected chi connectivity index (χ2v) is 4.57. The van der Waals surface area contributed by atoms with Gasteiger partial charge < -0.3 is 14.3 Å². The van der Waals surface area contributed by atoms with Gasteiger partial charge in [-0.1, -0.05) is 11.6 Å². The second kappa shape index (κ2) is 5.41. The van der Waals surface area contributed by atoms with Gasteiger partial charge in [0, 0.05) is 11.6 Å². The molecule has 0 fully saturated rings. The Morgan fingerprint density at radius 1 is 1.38 bits per heavy atom. The Morgan fingerprint density at radius 2 is 2.24 bits per heavy atom. The fourth-order valence-corrected chi connectivity index (χ4v) is 2.06. The van der Waals surface area contributed by atoms with Crippen molar-refractivity contribution in [2.24, 2.45) is 0 Å². The number of pyridine rings is 1. The minimum atomic E-state index is -1.15. The van der Waals surface area contributed by atoms with Crippen molar-refractivity contribution in [2.75, 3.05) is 0 Å². The van der Waals surface area contributed by atoms with Crippen molar-refractivity contribution in [3.8, 4) is 5.75 Å². The zero-order valence-corrected chi connectivity index (χ0v) is 11.4. The topological polar surface area (TPSA) is 85.5 Å². The average Bonchev–Trinajstić information content (AvgIpc) is 2.96. The molecule has 2 heterocycles. The van der Waals surface area contributed by atoms with Crippen LogP contribution in [0, 0.1) is 0 Å². The molecule has 2 aromatic heterocycles. The van der Waals surface area contributed by atoms with E-state index >= 15 is 0 Å². The van der Waals surface area contributed by atoms with Crippen LogP contribution < -0.4 is 4.74 Å². The van der Waals surface area contributed by atoms with Crippen LogP contribution in [0.5, 0.6) is 5.75 Å². The van der Waals surface area contributed by atoms with Gasteiger partial charge in [-0.3, -0.25) is 4.98 Å². The van der Waals surface area contributed by atoms with E-state index in [0.717, 1.165) is 11.6 Å². The molecular formula is C14H9ClN2O4. The minimum absolute atomic E-state index is 0.000582. The maximum Gasteiger partial charge on any atom is 0.357 e. The summed E-state index contributed by atoms with van der Waals surface area (Å²) in [6.07, 6.45) is 2.71. The molecule has 0 atom stereocenters. The van der Waals surface area contributed by atoms with Gasteiger partial charge in [0.15, 0.2) is 12.3 Å². The lowest BCUT2D eigenvalue weighted by atomic mass is 10.2. The summed E-state index contributed by atoms with van der Waals surface area (Å²) < 4.78 is 10.6. The third-order valence-corrected chi connectivity index (χ3v) is 3.13. The van der Waals surface area contributed by atoms with Gasteiger partial charge in [0.2, 0.25) is 5.89 Å². The van der Waals surface area contributed by atoms with Gasteiger partial charge in [-0.05, 0) is 24.3 Å². The lowest BCUT2D eigenvalue weighted by Gasteiger charge is -2.07. The fourth-order valence-electron chi connectivity index (χ4n) is 1.84. The van der Waals surface area contributed by atoms with Gasteiger partial charge in [-0.2, -0.15) is 0 Å². The normalized spacial score (nSPS) is 10.7. The Bertz CT molecular complexity index is 816. The van der Waals surface area contributed by atoms with Gasteiger partial charge in [-0.15, -0.1) is 0 Å². The lowest BCUT2D eigenvalue weighted by Crippen LogP contribution is -2.00. The quantitative estimate of drug-likeness (QED) is 0.797. The van der Waals surface area contributed by atoms with Crippen molar-refractivity contribution in [3.05, 3.63) is 53.3 Å². The van der Waals surface area contributed by atoms with Gasteiger partial charge in [0.05, 0.1) is 5.02 Å². The smallest absolute Gasteiger partial charge is 0.357 e. The van der Waals surface area contributed by atoms with E-state index in [1.54, 1.807) is 24.4 Å². The Morgan fingerprint density at radius 3 is 3.00 bits per heavy atom. The first-order chi connectivity index (χ1) is 10.1. The van der Waals surface area contributed by atoms with Crippen LogP contribution in [0.4, 0.5) is 0 Å². The predicted octanol–water partition coefficient (Wildman–Crippen LogP) is 3.15. The molecule has 3 rings (SSSR count). The number of aromatic nitrogens is 2. The average molecular weight is 305 g/mol. The molecule has 0 aliphatic rings. The van der Waals surface area contributed by atoms with Crippen LogP contribution in [-0.4, -0.2) is 21.0 Å². The molecule has 0 amide bonds. The highest BCUT2D eigenvalue weighted by molar-refractivity contribution is 6.35. The van der Waals surface area contributed by atoms with Crippen molar-refractivity contribution in [1.82, 2.24) is 9.97 Å². The number of nitrogens with zero attached hydrogens (tertiary/aromatic N) is 2. The molecule has 0 aliphatic heterocycles. The maximum atomic E-state index is 10.7. The van der Waals surface area contributed by atoms with E-state index in [9.17, 15) is 4.79 Å². The van der Waals surface area contributed by atoms with Gasteiger partial charge in [0.25, 0.3) is 0 Å². The first-order valence-corrected chi connectivity index (χ1v) is 6.36. The van der Waals surface area contributed by atoms with Gasteiger partial charge in [-0.25, -0.2) is 9.78 Å². The minimum Gasteiger partial charge on any atom is -0.482 e. The van der Waals surface area contributed by atoms with Crippen LogP contribution in [0.3, 0.4) is 0 Å². The van der Waals surface area contributed by atoms with E-state index in [2.05, 4.69) is 9.97 Å². The number of ether oxygens (including phenoxy) is 1. The maximum absolute atomic E-state index is 10.7. The number of aromatic carboxylic acids is 1. The second-order valence-electron chi connectivity index (χ2n) is 4.17. The molecule has 106 valence electrons. The van der Waals surface area contributed by atoms with E-state index in [4.69, 9.17) is 25.9 Å². The molecule has 0 spiro atoms. The molecule has 21 heavy (non-hydrogen) atoms. The van der Waals surface area contributed by atoms with Crippen LogP contribution in [0.15, 0.2) is 41.1 Å². The summed E-state index contributed by atoms with van der Waals surface area (Å²) in [5.41, 5.74) is 0.461. The van der Waals surface area contributed by atoms with Crippen molar-refractivity contribution in [3.63, 3.8) is 0 Å². The number of fused-ring (bicyclic) bond motifs is 1. The Hall–Kier alpha value is -2.60. The van der Waals surface area contributed by atoms with Gasteiger partial charge in [0.1, 0.15) is 17.5 Å². The fraction of sp³-hybridized carbons (Fsp3) is 0.0714. The molecule has 0 saturated heterocycles. The molecule has 6 nitrogen and oxygen atoms in total. The van der Waals surface area contributed by atoms with E-state index in [1.165, 1.54) is 0 Å². The largest absolute Gasteiger partial charge is 0.482 e. The lowest BCUT2D eigenvalue weighted by molar-refractivity contribution is 0.0690. The Kier molecular flexibility index (Phi) is 3.45. The van der Waals surface area contributed by atoms with Crippen LogP contribution in [-0.2, 0) is 6.61 Å².